The molecular formula is C40H57ClN4O3S. The van der Waals surface area contributed by atoms with Crippen LogP contribution in [-0.2, 0) is 27.2 Å². The lowest BCUT2D eigenvalue weighted by molar-refractivity contribution is -0.144. The molecule has 268 valence electrons. The fraction of sp³-hybridized carbons (Fsp3) is 0.625. The molecule has 3 aromatic rings. The number of carbonyl (C=O) groups excluding carboxylic acids is 2. The number of anilines is 2. The molecular weight excluding hydrogens is 652 g/mol. The summed E-state index contributed by atoms with van der Waals surface area (Å²) >= 11 is 8.31. The molecule has 49 heavy (non-hydrogen) atoms. The maximum absolute atomic E-state index is 12.9. The second-order valence-corrected chi connectivity index (χ2v) is 15.2. The fourth-order valence-electron chi connectivity index (χ4n) is 7.19. The number of rotatable bonds is 22. The highest BCUT2D eigenvalue weighted by atomic mass is 35.5. The average Bonchev–Trinajstić information content (AvgIpc) is 3.68. The summed E-state index contributed by atoms with van der Waals surface area (Å²) in [6.07, 6.45) is 21.0. The van der Waals surface area contributed by atoms with Crippen molar-refractivity contribution < 1.29 is 14.3 Å². The van der Waals surface area contributed by atoms with Crippen LogP contribution in [0.1, 0.15) is 121 Å². The third-order valence-corrected chi connectivity index (χ3v) is 11.4. The van der Waals surface area contributed by atoms with E-state index in [-0.39, 0.29) is 18.6 Å². The maximum Gasteiger partial charge on any atom is 0.307 e. The van der Waals surface area contributed by atoms with Gasteiger partial charge in [-0.05, 0) is 53.7 Å². The van der Waals surface area contributed by atoms with Gasteiger partial charge in [0, 0.05) is 49.6 Å². The molecule has 9 heteroatoms. The number of piperazine rings is 1. The third-order valence-electron chi connectivity index (χ3n) is 10.2. The van der Waals surface area contributed by atoms with E-state index in [2.05, 4.69) is 47.1 Å². The molecule has 0 aliphatic carbocycles. The Hall–Kier alpha value is -2.68. The predicted octanol–water partition coefficient (Wildman–Crippen LogP) is 9.97. The van der Waals surface area contributed by atoms with E-state index in [4.69, 9.17) is 20.7 Å². The summed E-state index contributed by atoms with van der Waals surface area (Å²) in [5, 5.41) is 1.90. The van der Waals surface area contributed by atoms with Crippen molar-refractivity contribution in [1.82, 2.24) is 9.27 Å². The molecule has 3 heterocycles. The average molecular weight is 709 g/mol. The van der Waals surface area contributed by atoms with E-state index < -0.39 is 0 Å². The topological polar surface area (TPSA) is 66.0 Å². The third kappa shape index (κ3) is 11.4. The fourth-order valence-corrected chi connectivity index (χ4v) is 8.24. The molecule has 0 unspecified atom stereocenters. The van der Waals surface area contributed by atoms with Crippen LogP contribution in [0, 0.1) is 0 Å². The lowest BCUT2D eigenvalue weighted by Gasteiger charge is -2.35. The Labute approximate surface area is 303 Å². The molecule has 0 atom stereocenters. The van der Waals surface area contributed by atoms with E-state index >= 15 is 0 Å². The van der Waals surface area contributed by atoms with Crippen LogP contribution in [0.4, 0.5) is 11.5 Å². The van der Waals surface area contributed by atoms with Crippen molar-refractivity contribution in [1.29, 1.82) is 0 Å². The van der Waals surface area contributed by atoms with Gasteiger partial charge in [-0.25, -0.2) is 0 Å². The van der Waals surface area contributed by atoms with Crippen LogP contribution in [-0.4, -0.2) is 60.6 Å². The van der Waals surface area contributed by atoms with E-state index in [0.717, 1.165) is 74.6 Å². The van der Waals surface area contributed by atoms with Crippen LogP contribution in [0.3, 0.4) is 0 Å². The van der Waals surface area contributed by atoms with Gasteiger partial charge in [0.25, 0.3) is 0 Å². The molecule has 0 spiro atoms. The van der Waals surface area contributed by atoms with Crippen LogP contribution < -0.4 is 9.80 Å². The molecule has 1 amide bonds. The normalized spacial score (nSPS) is 15.0. The van der Waals surface area contributed by atoms with Crippen molar-refractivity contribution in [3.8, 4) is 0 Å². The first-order valence-corrected chi connectivity index (χ1v) is 20.3. The first-order valence-electron chi connectivity index (χ1n) is 19.1. The van der Waals surface area contributed by atoms with Crippen molar-refractivity contribution in [3.05, 3.63) is 52.5 Å². The monoisotopic (exact) mass is 708 g/mol. The maximum atomic E-state index is 12.9. The Kier molecular flexibility index (Phi) is 15.5. The molecule has 0 N–H and O–H groups in total. The first-order chi connectivity index (χ1) is 24.0. The minimum atomic E-state index is -0.235. The molecule has 1 fully saturated rings. The quantitative estimate of drug-likeness (QED) is 0.0765. The number of amides is 1. The van der Waals surface area contributed by atoms with Crippen molar-refractivity contribution in [2.75, 3.05) is 49.3 Å². The Balaban J connectivity index is 0.934. The number of benzene rings is 2. The van der Waals surface area contributed by atoms with Gasteiger partial charge >= 0.3 is 5.97 Å². The first kappa shape index (κ1) is 37.6. The number of halogens is 1. The Morgan fingerprint density at radius 2 is 1.49 bits per heavy atom. The summed E-state index contributed by atoms with van der Waals surface area (Å²) in [5.41, 5.74) is 2.79. The van der Waals surface area contributed by atoms with Crippen LogP contribution in [0.25, 0.3) is 10.1 Å². The second kappa shape index (κ2) is 20.2. The Morgan fingerprint density at radius 1 is 0.857 bits per heavy atom. The van der Waals surface area contributed by atoms with Crippen LogP contribution in [0.5, 0.6) is 0 Å². The van der Waals surface area contributed by atoms with E-state index in [9.17, 15) is 9.59 Å². The van der Waals surface area contributed by atoms with Gasteiger partial charge in [-0.3, -0.25) is 19.4 Å². The molecule has 7 nitrogen and oxygen atoms in total. The van der Waals surface area contributed by atoms with E-state index in [1.807, 2.05) is 6.07 Å². The van der Waals surface area contributed by atoms with Crippen LogP contribution in [0.2, 0.25) is 5.02 Å². The number of esters is 1. The lowest BCUT2D eigenvalue weighted by Crippen LogP contribution is -2.47. The van der Waals surface area contributed by atoms with E-state index in [0.29, 0.717) is 17.9 Å². The smallest absolute Gasteiger partial charge is 0.307 e. The highest BCUT2D eigenvalue weighted by Crippen LogP contribution is 2.35. The van der Waals surface area contributed by atoms with E-state index in [1.54, 1.807) is 16.4 Å². The zero-order valence-corrected chi connectivity index (χ0v) is 31.3. The molecule has 0 radical (unpaired) electrons. The molecule has 0 saturated carbocycles. The number of fused-ring (bicyclic) bond motifs is 2. The molecule has 1 aromatic heterocycles. The molecule has 2 aromatic carbocycles. The standard InChI is InChI=1S/C40H57ClN4O3S/c1-2-3-4-5-6-7-8-9-10-11-12-13-14-15-16-21-39(47)48-31-45-36-30-35(41)32(28-33(36)29-38(45)46)22-23-43-24-26-44(27-25-43)40-34-19-17-18-20-37(34)49-42-40/h17-20,28,30H,2-16,21-27,29,31H2,1H3. The van der Waals surface area contributed by atoms with Crippen molar-refractivity contribution in [2.45, 2.75) is 122 Å². The van der Waals surface area contributed by atoms with Gasteiger partial charge in [-0.1, -0.05) is 127 Å². The number of hydrogen-bond acceptors (Lipinski definition) is 7. The number of nitrogens with zero attached hydrogens (tertiary/aromatic N) is 4. The highest BCUT2D eigenvalue weighted by Gasteiger charge is 2.29. The summed E-state index contributed by atoms with van der Waals surface area (Å²) in [5.74, 6) is 0.822. The minimum Gasteiger partial charge on any atom is -0.444 e. The lowest BCUT2D eigenvalue weighted by atomic mass is 10.0. The van der Waals surface area contributed by atoms with Crippen molar-refractivity contribution in [3.63, 3.8) is 0 Å². The number of hydrogen-bond donors (Lipinski definition) is 0. The zero-order chi connectivity index (χ0) is 34.3. The summed E-state index contributed by atoms with van der Waals surface area (Å²) in [7, 11) is 0. The summed E-state index contributed by atoms with van der Waals surface area (Å²) in [6.45, 7) is 7.00. The highest BCUT2D eigenvalue weighted by molar-refractivity contribution is 7.13. The molecule has 1 saturated heterocycles. The minimum absolute atomic E-state index is 0.0440. The number of ether oxygens (including phenoxy) is 1. The predicted molar refractivity (Wildman–Crippen MR) is 205 cm³/mol. The van der Waals surface area contributed by atoms with Crippen LogP contribution >= 0.6 is 23.1 Å². The number of carbonyl (C=O) groups is 2. The van der Waals surface area contributed by atoms with Gasteiger partial charge in [0.05, 0.1) is 16.8 Å². The van der Waals surface area contributed by atoms with Crippen LogP contribution in [0.15, 0.2) is 36.4 Å². The van der Waals surface area contributed by atoms with Gasteiger partial charge in [0.1, 0.15) is 5.82 Å². The Morgan fingerprint density at radius 3 is 2.16 bits per heavy atom. The second-order valence-electron chi connectivity index (χ2n) is 14.0. The van der Waals surface area contributed by atoms with Gasteiger partial charge < -0.3 is 9.64 Å². The zero-order valence-electron chi connectivity index (χ0n) is 29.7. The van der Waals surface area contributed by atoms with Crippen molar-refractivity contribution in [2.24, 2.45) is 0 Å². The molecule has 2 aliphatic heterocycles. The Bertz CT molecular complexity index is 1470. The summed E-state index contributed by atoms with van der Waals surface area (Å²) in [6, 6.07) is 12.4. The van der Waals surface area contributed by atoms with Crippen molar-refractivity contribution >= 4 is 56.6 Å². The summed E-state index contributed by atoms with van der Waals surface area (Å²) < 4.78 is 11.5. The number of unbranched alkanes of at least 4 members (excludes halogenated alkanes) is 14. The van der Waals surface area contributed by atoms with Gasteiger partial charge in [0.2, 0.25) is 5.91 Å². The molecule has 0 bridgehead atoms. The van der Waals surface area contributed by atoms with Gasteiger partial charge in [-0.2, -0.15) is 4.37 Å². The van der Waals surface area contributed by atoms with E-state index in [1.165, 1.54) is 93.6 Å². The molecule has 2 aliphatic rings. The summed E-state index contributed by atoms with van der Waals surface area (Å²) in [4.78, 5) is 31.8. The molecule has 5 rings (SSSR count). The van der Waals surface area contributed by atoms with Gasteiger partial charge in [-0.15, -0.1) is 0 Å². The van der Waals surface area contributed by atoms with Gasteiger partial charge in [0.15, 0.2) is 6.73 Å². The number of aromatic nitrogens is 1. The largest absolute Gasteiger partial charge is 0.444 e. The SMILES string of the molecule is CCCCCCCCCCCCCCCCCC(=O)OCN1C(=O)Cc2cc(CCN3CCN(c4nsc5ccccc45)CC3)c(Cl)cc21.